The summed E-state index contributed by atoms with van der Waals surface area (Å²) in [6.07, 6.45) is 1.31. The van der Waals surface area contributed by atoms with Gasteiger partial charge in [-0.1, -0.05) is 0 Å². The van der Waals surface area contributed by atoms with Gasteiger partial charge in [0.15, 0.2) is 5.65 Å². The standard InChI is InChI=1S/C9H9BrFN3O/c1-9(2,15)7-6(11)3-5(10)8-12-4-13-14(7)8/h3-4,15H,1-2H3. The number of aromatic nitrogens is 3. The first-order chi connectivity index (χ1) is 6.91. The van der Waals surface area contributed by atoms with E-state index in [4.69, 9.17) is 0 Å². The van der Waals surface area contributed by atoms with Crippen LogP contribution in [-0.2, 0) is 5.60 Å². The van der Waals surface area contributed by atoms with Crippen molar-refractivity contribution in [3.05, 3.63) is 28.4 Å². The minimum atomic E-state index is -1.31. The molecule has 0 unspecified atom stereocenters. The Morgan fingerprint density at radius 2 is 2.20 bits per heavy atom. The molecule has 6 heteroatoms. The number of fused-ring (bicyclic) bond motifs is 1. The first kappa shape index (κ1) is 10.5. The highest BCUT2D eigenvalue weighted by Gasteiger charge is 2.26. The fourth-order valence-corrected chi connectivity index (χ4v) is 1.94. The van der Waals surface area contributed by atoms with Crippen molar-refractivity contribution in [1.29, 1.82) is 0 Å². The van der Waals surface area contributed by atoms with Gasteiger partial charge in [-0.25, -0.2) is 13.9 Å². The number of hydrogen-bond acceptors (Lipinski definition) is 3. The Morgan fingerprint density at radius 3 is 2.80 bits per heavy atom. The molecule has 0 fully saturated rings. The van der Waals surface area contributed by atoms with E-state index in [9.17, 15) is 9.50 Å². The van der Waals surface area contributed by atoms with Crippen LogP contribution in [-0.4, -0.2) is 19.7 Å². The van der Waals surface area contributed by atoms with Crippen LogP contribution in [0.3, 0.4) is 0 Å². The van der Waals surface area contributed by atoms with Gasteiger partial charge in [-0.15, -0.1) is 0 Å². The van der Waals surface area contributed by atoms with Crippen LogP contribution in [0, 0.1) is 5.82 Å². The summed E-state index contributed by atoms with van der Waals surface area (Å²) in [5, 5.41) is 13.7. The van der Waals surface area contributed by atoms with Crippen molar-refractivity contribution in [2.24, 2.45) is 0 Å². The van der Waals surface area contributed by atoms with E-state index in [-0.39, 0.29) is 5.69 Å². The predicted octanol–water partition coefficient (Wildman–Crippen LogP) is 1.86. The SMILES string of the molecule is CC(C)(O)c1c(F)cc(Br)c2ncnn12. The van der Waals surface area contributed by atoms with Gasteiger partial charge in [-0.3, -0.25) is 0 Å². The topological polar surface area (TPSA) is 50.4 Å². The molecule has 0 bridgehead atoms. The van der Waals surface area contributed by atoms with E-state index in [2.05, 4.69) is 26.0 Å². The zero-order chi connectivity index (χ0) is 11.2. The Labute approximate surface area is 93.9 Å². The molecule has 1 N–H and O–H groups in total. The molecule has 4 nitrogen and oxygen atoms in total. The van der Waals surface area contributed by atoms with Gasteiger partial charge < -0.3 is 5.11 Å². The second-order valence-electron chi connectivity index (χ2n) is 3.74. The number of halogens is 2. The van der Waals surface area contributed by atoms with Crippen LogP contribution in [0.1, 0.15) is 19.5 Å². The molecule has 0 aliphatic carbocycles. The fourth-order valence-electron chi connectivity index (χ4n) is 1.46. The van der Waals surface area contributed by atoms with Crippen molar-refractivity contribution < 1.29 is 9.50 Å². The molecule has 2 heterocycles. The van der Waals surface area contributed by atoms with Gasteiger partial charge in [0.1, 0.15) is 23.4 Å². The van der Waals surface area contributed by atoms with Crippen LogP contribution < -0.4 is 0 Å². The normalized spacial score (nSPS) is 12.3. The molecule has 0 atom stereocenters. The van der Waals surface area contributed by atoms with Crippen LogP contribution in [0.15, 0.2) is 16.9 Å². The Bertz CT molecular complexity index is 518. The van der Waals surface area contributed by atoms with E-state index in [1.807, 2.05) is 0 Å². The van der Waals surface area contributed by atoms with Crippen molar-refractivity contribution in [2.75, 3.05) is 0 Å². The summed E-state index contributed by atoms with van der Waals surface area (Å²) in [5.41, 5.74) is -0.733. The second kappa shape index (κ2) is 3.24. The predicted molar refractivity (Wildman–Crippen MR) is 55.9 cm³/mol. The van der Waals surface area contributed by atoms with Gasteiger partial charge in [0.05, 0.1) is 4.47 Å². The summed E-state index contributed by atoms with van der Waals surface area (Å²) in [4.78, 5) is 3.96. The molecule has 0 saturated heterocycles. The third kappa shape index (κ3) is 1.63. The highest BCUT2D eigenvalue weighted by Crippen LogP contribution is 2.27. The number of pyridine rings is 1. The molecule has 0 saturated carbocycles. The minimum Gasteiger partial charge on any atom is -0.384 e. The molecule has 2 rings (SSSR count). The number of hydrogen-bond donors (Lipinski definition) is 1. The Hall–Kier alpha value is -1.01. The second-order valence-corrected chi connectivity index (χ2v) is 4.60. The lowest BCUT2D eigenvalue weighted by Crippen LogP contribution is -2.22. The van der Waals surface area contributed by atoms with E-state index in [0.29, 0.717) is 10.1 Å². The largest absolute Gasteiger partial charge is 0.384 e. The number of nitrogens with zero attached hydrogens (tertiary/aromatic N) is 3. The lowest BCUT2D eigenvalue weighted by Gasteiger charge is -2.19. The summed E-state index contributed by atoms with van der Waals surface area (Å²) in [6.45, 7) is 3.00. The zero-order valence-corrected chi connectivity index (χ0v) is 9.79. The molecule has 2 aromatic rings. The van der Waals surface area contributed by atoms with Gasteiger partial charge in [0.2, 0.25) is 0 Å². The maximum absolute atomic E-state index is 13.7. The average Bonchev–Trinajstić information content (AvgIpc) is 2.49. The highest BCUT2D eigenvalue weighted by molar-refractivity contribution is 9.10. The van der Waals surface area contributed by atoms with Crippen LogP contribution in [0.4, 0.5) is 4.39 Å². The van der Waals surface area contributed by atoms with Gasteiger partial charge in [-0.2, -0.15) is 5.10 Å². The highest BCUT2D eigenvalue weighted by atomic mass is 79.9. The van der Waals surface area contributed by atoms with Crippen molar-refractivity contribution in [1.82, 2.24) is 14.6 Å². The Morgan fingerprint density at radius 1 is 1.53 bits per heavy atom. The fraction of sp³-hybridized carbons (Fsp3) is 0.333. The molecule has 0 amide bonds. The van der Waals surface area contributed by atoms with E-state index in [1.165, 1.54) is 30.8 Å². The molecule has 0 radical (unpaired) electrons. The third-order valence-electron chi connectivity index (χ3n) is 2.03. The quantitative estimate of drug-likeness (QED) is 0.863. The van der Waals surface area contributed by atoms with Crippen molar-refractivity contribution >= 4 is 21.6 Å². The monoisotopic (exact) mass is 273 g/mol. The first-order valence-electron chi connectivity index (χ1n) is 4.32. The van der Waals surface area contributed by atoms with Crippen LogP contribution >= 0.6 is 15.9 Å². The third-order valence-corrected chi connectivity index (χ3v) is 2.62. The molecular weight excluding hydrogens is 265 g/mol. The van der Waals surface area contributed by atoms with Crippen molar-refractivity contribution in [2.45, 2.75) is 19.4 Å². The van der Waals surface area contributed by atoms with Gasteiger partial charge >= 0.3 is 0 Å². The maximum atomic E-state index is 13.7. The van der Waals surface area contributed by atoms with Gasteiger partial charge in [0, 0.05) is 0 Å². The average molecular weight is 274 g/mol. The molecule has 2 aromatic heterocycles. The maximum Gasteiger partial charge on any atom is 0.170 e. The van der Waals surface area contributed by atoms with E-state index < -0.39 is 11.4 Å². The van der Waals surface area contributed by atoms with Gasteiger partial charge in [0.25, 0.3) is 0 Å². The van der Waals surface area contributed by atoms with E-state index in [0.717, 1.165) is 0 Å². The molecule has 0 aromatic carbocycles. The van der Waals surface area contributed by atoms with Gasteiger partial charge in [-0.05, 0) is 35.8 Å². The van der Waals surface area contributed by atoms with E-state index >= 15 is 0 Å². The first-order valence-corrected chi connectivity index (χ1v) is 5.11. The van der Waals surface area contributed by atoms with Crippen LogP contribution in [0.25, 0.3) is 5.65 Å². The van der Waals surface area contributed by atoms with Crippen molar-refractivity contribution in [3.8, 4) is 0 Å². The zero-order valence-electron chi connectivity index (χ0n) is 8.20. The van der Waals surface area contributed by atoms with Crippen LogP contribution in [0.2, 0.25) is 0 Å². The molecule has 15 heavy (non-hydrogen) atoms. The molecular formula is C9H9BrFN3O. The lowest BCUT2D eigenvalue weighted by atomic mass is 10.0. The molecule has 0 spiro atoms. The lowest BCUT2D eigenvalue weighted by molar-refractivity contribution is 0.0669. The summed E-state index contributed by atoms with van der Waals surface area (Å²) in [5.74, 6) is -0.521. The number of aliphatic hydroxyl groups is 1. The summed E-state index contributed by atoms with van der Waals surface area (Å²) in [6, 6.07) is 1.28. The molecule has 0 aliphatic heterocycles. The molecule has 80 valence electrons. The Balaban J connectivity index is 2.89. The van der Waals surface area contributed by atoms with E-state index in [1.54, 1.807) is 0 Å². The number of rotatable bonds is 1. The smallest absolute Gasteiger partial charge is 0.170 e. The van der Waals surface area contributed by atoms with Crippen molar-refractivity contribution in [3.63, 3.8) is 0 Å². The Kier molecular flexibility index (Phi) is 2.27. The summed E-state index contributed by atoms with van der Waals surface area (Å²) in [7, 11) is 0. The summed E-state index contributed by atoms with van der Waals surface area (Å²) >= 11 is 3.18. The minimum absolute atomic E-state index is 0.0956. The van der Waals surface area contributed by atoms with Crippen LogP contribution in [0.5, 0.6) is 0 Å². The summed E-state index contributed by atoms with van der Waals surface area (Å²) < 4.78 is 15.5. The molecule has 0 aliphatic rings.